The van der Waals surface area contributed by atoms with Crippen molar-refractivity contribution in [2.75, 3.05) is 19.8 Å². The number of benzene rings is 2. The molecule has 2 aromatic rings. The second kappa shape index (κ2) is 13.3. The van der Waals surface area contributed by atoms with E-state index in [-0.39, 0.29) is 32.8 Å². The molecule has 8 nitrogen and oxygen atoms in total. The SMILES string of the molecule is CCOP(=O)(OCC)C(F)(F)c1ccc(C[C@@H](COC(C)=O)NC(=O)OCc2ccccc2)cc1. The van der Waals surface area contributed by atoms with Crippen molar-refractivity contribution in [2.45, 2.75) is 45.5 Å². The molecule has 0 heterocycles. The molecule has 1 atom stereocenters. The summed E-state index contributed by atoms with van der Waals surface area (Å²) in [6.45, 7) is 3.65. The number of esters is 1. The van der Waals surface area contributed by atoms with E-state index in [4.69, 9.17) is 18.5 Å². The Bertz CT molecular complexity index is 993. The molecule has 11 heteroatoms. The summed E-state index contributed by atoms with van der Waals surface area (Å²) in [4.78, 5) is 23.5. The van der Waals surface area contributed by atoms with Gasteiger partial charge < -0.3 is 23.8 Å². The molecule has 0 aromatic heterocycles. The lowest BCUT2D eigenvalue weighted by Gasteiger charge is -2.26. The maximum absolute atomic E-state index is 14.9. The Kier molecular flexibility index (Phi) is 10.8. The number of hydrogen-bond acceptors (Lipinski definition) is 7. The highest BCUT2D eigenvalue weighted by atomic mass is 31.2. The molecule has 2 rings (SSSR count). The van der Waals surface area contributed by atoms with Gasteiger partial charge in [0, 0.05) is 12.5 Å². The normalized spacial score (nSPS) is 12.6. The fraction of sp³-hybridized carbons (Fsp3) is 0.417. The van der Waals surface area contributed by atoms with Crippen LogP contribution in [0.1, 0.15) is 37.5 Å². The van der Waals surface area contributed by atoms with E-state index < -0.39 is 36.9 Å². The van der Waals surface area contributed by atoms with Crippen molar-refractivity contribution in [3.8, 4) is 0 Å². The number of carbonyl (C=O) groups is 2. The van der Waals surface area contributed by atoms with Crippen molar-refractivity contribution < 1.29 is 41.5 Å². The smallest absolute Gasteiger partial charge is 0.407 e. The van der Waals surface area contributed by atoms with E-state index in [9.17, 15) is 22.9 Å². The first-order valence-corrected chi connectivity index (χ1v) is 12.6. The largest absolute Gasteiger partial charge is 0.464 e. The van der Waals surface area contributed by atoms with Crippen molar-refractivity contribution in [1.82, 2.24) is 5.32 Å². The van der Waals surface area contributed by atoms with Gasteiger partial charge in [0.2, 0.25) is 0 Å². The van der Waals surface area contributed by atoms with Gasteiger partial charge in [-0.05, 0) is 31.4 Å². The number of rotatable bonds is 13. The Hall–Kier alpha value is -2.81. The third kappa shape index (κ3) is 8.42. The Morgan fingerprint density at radius 3 is 2.09 bits per heavy atom. The predicted octanol–water partition coefficient (Wildman–Crippen LogP) is 5.40. The summed E-state index contributed by atoms with van der Waals surface area (Å²) in [5.41, 5.74) is -3.02. The first-order chi connectivity index (χ1) is 16.6. The van der Waals surface area contributed by atoms with Crippen LogP contribution in [0.25, 0.3) is 0 Å². The molecule has 0 saturated heterocycles. The van der Waals surface area contributed by atoms with Crippen molar-refractivity contribution in [3.63, 3.8) is 0 Å². The minimum atomic E-state index is -4.72. The van der Waals surface area contributed by atoms with Gasteiger partial charge in [-0.15, -0.1) is 0 Å². The third-order valence-electron chi connectivity index (χ3n) is 4.75. The van der Waals surface area contributed by atoms with Gasteiger partial charge in [-0.25, -0.2) is 4.79 Å². The van der Waals surface area contributed by atoms with Crippen LogP contribution in [-0.4, -0.2) is 37.9 Å². The number of alkyl carbamates (subject to hydrolysis) is 1. The molecule has 0 unspecified atom stereocenters. The van der Waals surface area contributed by atoms with Crippen LogP contribution in [0.15, 0.2) is 54.6 Å². The molecule has 2 aromatic carbocycles. The van der Waals surface area contributed by atoms with Crippen LogP contribution in [0, 0.1) is 0 Å². The zero-order valence-corrected chi connectivity index (χ0v) is 20.8. The maximum Gasteiger partial charge on any atom is 0.407 e. The number of carbonyl (C=O) groups excluding carboxylic acids is 2. The highest BCUT2D eigenvalue weighted by Gasteiger charge is 2.54. The van der Waals surface area contributed by atoms with E-state index in [1.54, 1.807) is 12.1 Å². The van der Waals surface area contributed by atoms with E-state index in [0.717, 1.165) is 17.7 Å². The standard InChI is InChI=1S/C24H30F2NO7P/c1-4-33-35(30,34-5-2)24(25,26)21-13-11-19(12-14-21)15-22(17-31-18(3)28)27-23(29)32-16-20-9-7-6-8-10-20/h6-14,22H,4-5,15-17H2,1-3H3,(H,27,29)/t22-/m0/s1. The Labute approximate surface area is 203 Å². The molecule has 0 aliphatic carbocycles. The molecule has 1 amide bonds. The van der Waals surface area contributed by atoms with Gasteiger partial charge in [-0.1, -0.05) is 54.6 Å². The zero-order chi connectivity index (χ0) is 25.9. The molecular weight excluding hydrogens is 483 g/mol. The zero-order valence-electron chi connectivity index (χ0n) is 19.9. The average Bonchev–Trinajstić information content (AvgIpc) is 2.82. The molecule has 35 heavy (non-hydrogen) atoms. The van der Waals surface area contributed by atoms with Gasteiger partial charge in [-0.2, -0.15) is 8.78 Å². The third-order valence-corrected chi connectivity index (χ3v) is 6.89. The van der Waals surface area contributed by atoms with Crippen molar-refractivity contribution in [3.05, 3.63) is 71.3 Å². The fourth-order valence-corrected chi connectivity index (χ4v) is 4.67. The first-order valence-electron chi connectivity index (χ1n) is 11.1. The second-order valence-electron chi connectivity index (χ2n) is 7.48. The van der Waals surface area contributed by atoms with Crippen LogP contribution in [0.3, 0.4) is 0 Å². The van der Waals surface area contributed by atoms with E-state index in [2.05, 4.69) is 5.32 Å². The van der Waals surface area contributed by atoms with Gasteiger partial charge in [0.25, 0.3) is 0 Å². The lowest BCUT2D eigenvalue weighted by Crippen LogP contribution is -2.40. The maximum atomic E-state index is 14.9. The molecule has 0 saturated carbocycles. The van der Waals surface area contributed by atoms with Gasteiger partial charge >= 0.3 is 25.3 Å². The molecule has 0 aliphatic heterocycles. The molecule has 0 spiro atoms. The number of alkyl halides is 2. The molecule has 0 fully saturated rings. The van der Waals surface area contributed by atoms with Crippen LogP contribution >= 0.6 is 7.60 Å². The van der Waals surface area contributed by atoms with Gasteiger partial charge in [0.05, 0.1) is 19.3 Å². The summed E-state index contributed by atoms with van der Waals surface area (Å²) in [5.74, 6) is -0.535. The summed E-state index contributed by atoms with van der Waals surface area (Å²) in [6, 6.07) is 13.5. The molecule has 0 aliphatic rings. The fourth-order valence-electron chi connectivity index (χ4n) is 3.12. The van der Waals surface area contributed by atoms with Crippen LogP contribution in [0.4, 0.5) is 13.6 Å². The van der Waals surface area contributed by atoms with E-state index >= 15 is 0 Å². The van der Waals surface area contributed by atoms with E-state index in [1.807, 2.05) is 18.2 Å². The van der Waals surface area contributed by atoms with E-state index in [0.29, 0.717) is 5.56 Å². The summed E-state index contributed by atoms with van der Waals surface area (Å²) < 4.78 is 62.3. The predicted molar refractivity (Wildman–Crippen MR) is 125 cm³/mol. The minimum Gasteiger partial charge on any atom is -0.464 e. The van der Waals surface area contributed by atoms with Gasteiger partial charge in [-0.3, -0.25) is 9.36 Å². The monoisotopic (exact) mass is 513 g/mol. The topological polar surface area (TPSA) is 100 Å². The van der Waals surface area contributed by atoms with E-state index in [1.165, 1.54) is 32.9 Å². The number of ether oxygens (including phenoxy) is 2. The summed E-state index contributed by atoms with van der Waals surface area (Å²) >= 11 is 0. The molecule has 1 N–H and O–H groups in total. The lowest BCUT2D eigenvalue weighted by molar-refractivity contribution is -0.141. The Morgan fingerprint density at radius 1 is 0.943 bits per heavy atom. The first kappa shape index (κ1) is 28.4. The number of halogens is 2. The second-order valence-corrected chi connectivity index (χ2v) is 9.55. The van der Waals surface area contributed by atoms with Crippen LogP contribution in [-0.2, 0) is 46.6 Å². The molecule has 0 radical (unpaired) electrons. The van der Waals surface area contributed by atoms with Crippen LogP contribution in [0.5, 0.6) is 0 Å². The average molecular weight is 513 g/mol. The number of nitrogens with one attached hydrogen (secondary N) is 1. The van der Waals surface area contributed by atoms with Crippen molar-refractivity contribution >= 4 is 19.7 Å². The Balaban J connectivity index is 2.09. The van der Waals surface area contributed by atoms with Gasteiger partial charge in [0.15, 0.2) is 0 Å². The molecular formula is C24H30F2NO7P. The highest BCUT2D eigenvalue weighted by molar-refractivity contribution is 7.54. The minimum absolute atomic E-state index is 0.0520. The highest BCUT2D eigenvalue weighted by Crippen LogP contribution is 2.66. The Morgan fingerprint density at radius 2 is 1.54 bits per heavy atom. The summed E-state index contributed by atoms with van der Waals surface area (Å²) in [5, 5.41) is 2.62. The lowest BCUT2D eigenvalue weighted by atomic mass is 10.0. The number of hydrogen-bond donors (Lipinski definition) is 1. The number of amides is 1. The summed E-state index contributed by atoms with van der Waals surface area (Å²) in [7, 11) is -4.72. The van der Waals surface area contributed by atoms with Crippen LogP contribution in [0.2, 0.25) is 0 Å². The van der Waals surface area contributed by atoms with Crippen LogP contribution < -0.4 is 5.32 Å². The van der Waals surface area contributed by atoms with Gasteiger partial charge in [0.1, 0.15) is 13.2 Å². The quantitative estimate of drug-likeness (QED) is 0.283. The van der Waals surface area contributed by atoms with Crippen molar-refractivity contribution in [1.29, 1.82) is 0 Å². The van der Waals surface area contributed by atoms with Crippen molar-refractivity contribution in [2.24, 2.45) is 0 Å². The molecule has 192 valence electrons. The summed E-state index contributed by atoms with van der Waals surface area (Å²) in [6.07, 6.45) is -0.558. The molecule has 0 bridgehead atoms.